The van der Waals surface area contributed by atoms with Gasteiger partial charge < -0.3 is 31.9 Å². The van der Waals surface area contributed by atoms with Crippen molar-refractivity contribution in [3.8, 4) is 11.5 Å². The number of Topliss-reactive ketones (excluding diaryl/α,β-unsaturated/α-hetero) is 2. The third kappa shape index (κ3) is 2.53. The summed E-state index contributed by atoms with van der Waals surface area (Å²) in [5.41, 5.74) is 8.26. The molecule has 162 valence electrons. The van der Waals surface area contributed by atoms with E-state index < -0.39 is 52.1 Å². The number of carbonyl (C=O) groups excluding carboxylic acids is 3. The number of rotatable bonds is 2. The van der Waals surface area contributed by atoms with Gasteiger partial charge in [0.25, 0.3) is 5.91 Å². The van der Waals surface area contributed by atoms with Gasteiger partial charge in [-0.2, -0.15) is 0 Å². The lowest BCUT2D eigenvalue weighted by molar-refractivity contribution is -0.127. The average molecular weight is 426 g/mol. The van der Waals surface area contributed by atoms with E-state index in [1.165, 1.54) is 6.07 Å². The molecule has 1 unspecified atom stereocenters. The van der Waals surface area contributed by atoms with Crippen LogP contribution < -0.4 is 11.5 Å². The highest BCUT2D eigenvalue weighted by Gasteiger charge is 2.60. The SMILES string of the molecule is CC(C)c1ccc(O)c2c(O)c3c(cc12)C[C@H]1C(N)C(=O)C(C(N)=O)=C(O)[C@@]1(O)C3=O. The van der Waals surface area contributed by atoms with Crippen LogP contribution in [0.25, 0.3) is 10.8 Å². The Balaban J connectivity index is 2.07. The largest absolute Gasteiger partial charge is 0.508 e. The van der Waals surface area contributed by atoms with Gasteiger partial charge in [0.15, 0.2) is 11.4 Å². The molecule has 0 saturated carbocycles. The Hall–Kier alpha value is -3.43. The predicted octanol–water partition coefficient (Wildman–Crippen LogP) is 0.668. The molecule has 8 N–H and O–H groups in total. The number of carbonyl (C=O) groups is 3. The molecule has 0 spiro atoms. The summed E-state index contributed by atoms with van der Waals surface area (Å²) < 4.78 is 0. The van der Waals surface area contributed by atoms with E-state index in [-0.39, 0.29) is 29.0 Å². The highest BCUT2D eigenvalue weighted by molar-refractivity contribution is 6.24. The van der Waals surface area contributed by atoms with Crippen molar-refractivity contribution in [1.82, 2.24) is 0 Å². The Kier molecular flexibility index (Phi) is 4.39. The van der Waals surface area contributed by atoms with Gasteiger partial charge in [-0.05, 0) is 41.0 Å². The monoisotopic (exact) mass is 426 g/mol. The van der Waals surface area contributed by atoms with Crippen LogP contribution in [0.4, 0.5) is 0 Å². The number of aliphatic hydroxyl groups excluding tert-OH is 1. The van der Waals surface area contributed by atoms with Gasteiger partial charge in [-0.25, -0.2) is 0 Å². The second-order valence-corrected chi connectivity index (χ2v) is 8.39. The van der Waals surface area contributed by atoms with Gasteiger partial charge in [-0.1, -0.05) is 19.9 Å². The minimum atomic E-state index is -2.72. The quantitative estimate of drug-likeness (QED) is 0.378. The summed E-state index contributed by atoms with van der Waals surface area (Å²) in [7, 11) is 0. The molecule has 3 atom stereocenters. The Morgan fingerprint density at radius 1 is 1.19 bits per heavy atom. The van der Waals surface area contributed by atoms with Crippen molar-refractivity contribution in [2.45, 2.75) is 37.8 Å². The molecule has 0 saturated heterocycles. The number of nitrogens with two attached hydrogens (primary N) is 2. The highest BCUT2D eigenvalue weighted by atomic mass is 16.3. The van der Waals surface area contributed by atoms with Crippen molar-refractivity contribution in [1.29, 1.82) is 0 Å². The van der Waals surface area contributed by atoms with Crippen molar-refractivity contribution in [2.75, 3.05) is 0 Å². The topological polar surface area (TPSA) is 184 Å². The van der Waals surface area contributed by atoms with E-state index in [0.29, 0.717) is 10.9 Å². The van der Waals surface area contributed by atoms with Crippen LogP contribution in [0.1, 0.15) is 41.3 Å². The van der Waals surface area contributed by atoms with Crippen LogP contribution in [-0.4, -0.2) is 49.5 Å². The van der Waals surface area contributed by atoms with Crippen LogP contribution in [0.3, 0.4) is 0 Å². The number of amides is 1. The van der Waals surface area contributed by atoms with Crippen molar-refractivity contribution >= 4 is 28.2 Å². The van der Waals surface area contributed by atoms with Crippen LogP contribution in [-0.2, 0) is 16.0 Å². The fourth-order valence-electron chi connectivity index (χ4n) is 4.78. The fraction of sp³-hybridized carbons (Fsp3) is 0.318. The van der Waals surface area contributed by atoms with Gasteiger partial charge in [0, 0.05) is 5.92 Å². The maximum absolute atomic E-state index is 13.4. The lowest BCUT2D eigenvalue weighted by Gasteiger charge is -2.44. The van der Waals surface area contributed by atoms with Crippen LogP contribution in [0.15, 0.2) is 29.5 Å². The number of hydrogen-bond acceptors (Lipinski definition) is 8. The van der Waals surface area contributed by atoms with Crippen molar-refractivity contribution in [3.05, 3.63) is 46.2 Å². The normalized spacial score (nSPS) is 25.7. The third-order valence-electron chi connectivity index (χ3n) is 6.37. The lowest BCUT2D eigenvalue weighted by Crippen LogP contribution is -2.64. The first kappa shape index (κ1) is 20.8. The minimum absolute atomic E-state index is 0.0233. The first-order valence-electron chi connectivity index (χ1n) is 9.73. The highest BCUT2D eigenvalue weighted by Crippen LogP contribution is 2.49. The van der Waals surface area contributed by atoms with E-state index in [1.54, 1.807) is 12.1 Å². The Morgan fingerprint density at radius 2 is 1.84 bits per heavy atom. The van der Waals surface area contributed by atoms with Gasteiger partial charge in [0.2, 0.25) is 5.78 Å². The molecule has 9 nitrogen and oxygen atoms in total. The summed E-state index contributed by atoms with van der Waals surface area (Å²) in [6.45, 7) is 3.85. The van der Waals surface area contributed by atoms with Crippen molar-refractivity contribution in [2.24, 2.45) is 17.4 Å². The van der Waals surface area contributed by atoms with Crippen LogP contribution in [0.2, 0.25) is 0 Å². The maximum Gasteiger partial charge on any atom is 0.255 e. The summed E-state index contributed by atoms with van der Waals surface area (Å²) >= 11 is 0. The van der Waals surface area contributed by atoms with E-state index in [0.717, 1.165) is 5.56 Å². The number of primary amides is 1. The van der Waals surface area contributed by atoms with Crippen molar-refractivity contribution < 1.29 is 34.8 Å². The molecule has 0 radical (unpaired) electrons. The van der Waals surface area contributed by atoms with Gasteiger partial charge in [-0.15, -0.1) is 0 Å². The van der Waals surface area contributed by atoms with E-state index in [2.05, 4.69) is 0 Å². The molecule has 31 heavy (non-hydrogen) atoms. The molecule has 1 amide bonds. The van der Waals surface area contributed by atoms with Crippen LogP contribution in [0, 0.1) is 5.92 Å². The summed E-state index contributed by atoms with van der Waals surface area (Å²) in [4.78, 5) is 37.6. The standard InChI is InChI=1S/C22H22N2O7/c1-7(2)9-3-4-12(25)14-10(9)5-8-6-11-16(23)18(27)15(21(24)30)20(29)22(11,31)19(28)13(8)17(14)26/h3-5,7,11,16,25-26,29,31H,6,23H2,1-2H3,(H2,24,30)/t11-,16?,22-/m0/s1. The molecule has 0 fully saturated rings. The molecule has 0 aromatic heterocycles. The molecule has 2 aliphatic rings. The zero-order valence-corrected chi connectivity index (χ0v) is 16.8. The molecule has 0 bridgehead atoms. The van der Waals surface area contributed by atoms with Crippen LogP contribution >= 0.6 is 0 Å². The van der Waals surface area contributed by atoms with E-state index in [1.807, 2.05) is 13.8 Å². The summed E-state index contributed by atoms with van der Waals surface area (Å²) in [5.74, 6) is -6.69. The smallest absolute Gasteiger partial charge is 0.255 e. The molecule has 9 heteroatoms. The second kappa shape index (κ2) is 6.53. The summed E-state index contributed by atoms with van der Waals surface area (Å²) in [5, 5.41) is 43.6. The van der Waals surface area contributed by atoms with E-state index in [9.17, 15) is 34.8 Å². The van der Waals surface area contributed by atoms with Gasteiger partial charge in [0.05, 0.1) is 17.0 Å². The Morgan fingerprint density at radius 3 is 2.42 bits per heavy atom. The second-order valence-electron chi connectivity index (χ2n) is 8.39. The molecule has 0 aliphatic heterocycles. The molecule has 0 heterocycles. The molecule has 4 rings (SSSR count). The minimum Gasteiger partial charge on any atom is -0.508 e. The number of ketones is 2. The Bertz CT molecular complexity index is 1230. The zero-order valence-electron chi connectivity index (χ0n) is 16.8. The number of hydrogen-bond donors (Lipinski definition) is 6. The third-order valence-corrected chi connectivity index (χ3v) is 6.37. The zero-order chi connectivity index (χ0) is 23.0. The van der Waals surface area contributed by atoms with E-state index >= 15 is 0 Å². The van der Waals surface area contributed by atoms with Crippen molar-refractivity contribution in [3.63, 3.8) is 0 Å². The first-order chi connectivity index (χ1) is 14.4. The molecular weight excluding hydrogens is 404 g/mol. The average Bonchev–Trinajstić information content (AvgIpc) is 2.68. The molecule has 2 aliphatic carbocycles. The lowest BCUT2D eigenvalue weighted by atomic mass is 9.62. The molecule has 2 aromatic rings. The number of fused-ring (bicyclic) bond motifs is 3. The van der Waals surface area contributed by atoms with Gasteiger partial charge >= 0.3 is 0 Å². The molecule has 2 aromatic carbocycles. The predicted molar refractivity (Wildman–Crippen MR) is 110 cm³/mol. The van der Waals surface area contributed by atoms with Gasteiger partial charge in [0.1, 0.15) is 22.8 Å². The fourth-order valence-corrected chi connectivity index (χ4v) is 4.78. The summed E-state index contributed by atoms with van der Waals surface area (Å²) in [6, 6.07) is 3.23. The number of aliphatic hydroxyl groups is 2. The number of phenols is 2. The maximum atomic E-state index is 13.4. The first-order valence-corrected chi connectivity index (χ1v) is 9.73. The van der Waals surface area contributed by atoms with E-state index in [4.69, 9.17) is 11.5 Å². The Labute approximate surface area is 176 Å². The van der Waals surface area contributed by atoms with Gasteiger partial charge in [-0.3, -0.25) is 14.4 Å². The number of phenolic OH excluding ortho intramolecular Hbond substituents is 2. The molecular formula is C22H22N2O7. The number of benzene rings is 2. The summed E-state index contributed by atoms with van der Waals surface area (Å²) in [6.07, 6.45) is -0.142. The van der Waals surface area contributed by atoms with Crippen LogP contribution in [0.5, 0.6) is 11.5 Å². The number of aromatic hydroxyl groups is 2.